The Balaban J connectivity index is 1.94. The van der Waals surface area contributed by atoms with Gasteiger partial charge in [0.2, 0.25) is 0 Å². The molecule has 2 aromatic heterocycles. The van der Waals surface area contributed by atoms with E-state index in [2.05, 4.69) is 28.4 Å². The molecular weight excluding hydrogens is 198 g/mol. The van der Waals surface area contributed by atoms with Crippen LogP contribution >= 0.6 is 0 Å². The van der Waals surface area contributed by atoms with Gasteiger partial charge in [-0.2, -0.15) is 0 Å². The molecule has 0 bridgehead atoms. The van der Waals surface area contributed by atoms with Gasteiger partial charge in [0.1, 0.15) is 5.52 Å². The number of aryl methyl sites for hydroxylation is 1. The number of rotatable bonds is 5. The predicted molar refractivity (Wildman–Crippen MR) is 66.2 cm³/mol. The molecule has 0 amide bonds. The third-order valence-corrected chi connectivity index (χ3v) is 2.80. The Labute approximate surface area is 96.5 Å². The van der Waals surface area contributed by atoms with Crippen LogP contribution in [0.5, 0.6) is 0 Å². The fourth-order valence-corrected chi connectivity index (χ4v) is 1.90. The smallest absolute Gasteiger partial charge is 0.159 e. The first-order valence-corrected chi connectivity index (χ1v) is 6.03. The van der Waals surface area contributed by atoms with E-state index < -0.39 is 0 Å². The van der Waals surface area contributed by atoms with E-state index in [4.69, 9.17) is 0 Å². The second-order valence-electron chi connectivity index (χ2n) is 4.67. The molecule has 0 spiro atoms. The molecule has 2 heterocycles. The molecule has 0 unspecified atom stereocenters. The molecule has 16 heavy (non-hydrogen) atoms. The molecule has 0 fully saturated rings. The highest BCUT2D eigenvalue weighted by Gasteiger charge is 2.02. The minimum atomic E-state index is 0.803. The highest BCUT2D eigenvalue weighted by atomic mass is 15.1. The van der Waals surface area contributed by atoms with E-state index in [1.54, 1.807) is 0 Å². The monoisotopic (exact) mass is 217 g/mol. The molecule has 0 saturated carbocycles. The lowest BCUT2D eigenvalue weighted by molar-refractivity contribution is 0.512. The predicted octanol–water partition coefficient (Wildman–Crippen LogP) is 3.26. The van der Waals surface area contributed by atoms with Crippen molar-refractivity contribution in [3.05, 3.63) is 24.7 Å². The SMILES string of the molecule is CC(C)CCCCn1cnc2cccnc21. The summed E-state index contributed by atoms with van der Waals surface area (Å²) in [6.07, 6.45) is 7.52. The molecule has 0 radical (unpaired) electrons. The lowest BCUT2D eigenvalue weighted by Crippen LogP contribution is -1.98. The van der Waals surface area contributed by atoms with E-state index in [9.17, 15) is 0 Å². The Bertz CT molecular complexity index is 445. The van der Waals surface area contributed by atoms with Crippen molar-refractivity contribution in [2.75, 3.05) is 0 Å². The Hall–Kier alpha value is -1.38. The topological polar surface area (TPSA) is 30.7 Å². The van der Waals surface area contributed by atoms with Crippen LogP contribution in [-0.2, 0) is 6.54 Å². The number of nitrogens with zero attached hydrogens (tertiary/aromatic N) is 3. The normalized spacial score (nSPS) is 11.4. The number of hydrogen-bond donors (Lipinski definition) is 0. The second kappa shape index (κ2) is 5.10. The van der Waals surface area contributed by atoms with E-state index in [0.717, 1.165) is 23.6 Å². The number of unbranched alkanes of at least 4 members (excludes halogenated alkanes) is 1. The summed E-state index contributed by atoms with van der Waals surface area (Å²) < 4.78 is 2.15. The van der Waals surface area contributed by atoms with Crippen LogP contribution in [0.2, 0.25) is 0 Å². The molecule has 2 aromatic rings. The van der Waals surface area contributed by atoms with E-state index in [-0.39, 0.29) is 0 Å². The van der Waals surface area contributed by atoms with Gasteiger partial charge in [-0.1, -0.05) is 26.7 Å². The molecule has 3 nitrogen and oxygen atoms in total. The molecule has 0 aliphatic heterocycles. The van der Waals surface area contributed by atoms with Crippen LogP contribution in [0.25, 0.3) is 11.2 Å². The number of imidazole rings is 1. The standard InChI is InChI=1S/C13H19N3/c1-11(2)6-3-4-9-16-10-15-12-7-5-8-14-13(12)16/h5,7-8,10-11H,3-4,6,9H2,1-2H3. The highest BCUT2D eigenvalue weighted by Crippen LogP contribution is 2.11. The molecule has 0 atom stereocenters. The Kier molecular flexibility index (Phi) is 3.54. The molecule has 2 rings (SSSR count). The third kappa shape index (κ3) is 2.60. The van der Waals surface area contributed by atoms with Gasteiger partial charge in [0.25, 0.3) is 0 Å². The first kappa shape index (κ1) is 11.1. The molecule has 86 valence electrons. The van der Waals surface area contributed by atoms with Gasteiger partial charge in [0.15, 0.2) is 5.65 Å². The zero-order chi connectivity index (χ0) is 11.4. The highest BCUT2D eigenvalue weighted by molar-refractivity contribution is 5.69. The van der Waals surface area contributed by atoms with Crippen molar-refractivity contribution in [2.45, 2.75) is 39.7 Å². The largest absolute Gasteiger partial charge is 0.315 e. The average molecular weight is 217 g/mol. The maximum Gasteiger partial charge on any atom is 0.159 e. The maximum atomic E-state index is 4.36. The number of aromatic nitrogens is 3. The summed E-state index contributed by atoms with van der Waals surface area (Å²) in [6, 6.07) is 3.94. The Morgan fingerprint density at radius 1 is 1.25 bits per heavy atom. The van der Waals surface area contributed by atoms with Gasteiger partial charge >= 0.3 is 0 Å². The first-order chi connectivity index (χ1) is 7.77. The lowest BCUT2D eigenvalue weighted by Gasteiger charge is -2.05. The van der Waals surface area contributed by atoms with Crippen LogP contribution in [0.4, 0.5) is 0 Å². The van der Waals surface area contributed by atoms with Crippen molar-refractivity contribution in [2.24, 2.45) is 5.92 Å². The van der Waals surface area contributed by atoms with Crippen molar-refractivity contribution >= 4 is 11.2 Å². The summed E-state index contributed by atoms with van der Waals surface area (Å²) in [7, 11) is 0. The van der Waals surface area contributed by atoms with Crippen molar-refractivity contribution < 1.29 is 0 Å². The molecule has 0 aromatic carbocycles. The minimum absolute atomic E-state index is 0.803. The summed E-state index contributed by atoms with van der Waals surface area (Å²) in [4.78, 5) is 8.69. The lowest BCUT2D eigenvalue weighted by atomic mass is 10.1. The summed E-state index contributed by atoms with van der Waals surface area (Å²) in [6.45, 7) is 5.57. The molecular formula is C13H19N3. The van der Waals surface area contributed by atoms with Crippen molar-refractivity contribution in [1.82, 2.24) is 14.5 Å². The van der Waals surface area contributed by atoms with Crippen LogP contribution in [-0.4, -0.2) is 14.5 Å². The van der Waals surface area contributed by atoms with Crippen molar-refractivity contribution in [3.8, 4) is 0 Å². The Morgan fingerprint density at radius 2 is 2.12 bits per heavy atom. The summed E-state index contributed by atoms with van der Waals surface area (Å²) >= 11 is 0. The van der Waals surface area contributed by atoms with Gasteiger partial charge < -0.3 is 4.57 Å². The van der Waals surface area contributed by atoms with E-state index >= 15 is 0 Å². The van der Waals surface area contributed by atoms with Crippen LogP contribution in [0.3, 0.4) is 0 Å². The molecule has 0 saturated heterocycles. The zero-order valence-electron chi connectivity index (χ0n) is 10.1. The summed E-state index contributed by atoms with van der Waals surface area (Å²) in [5, 5.41) is 0. The zero-order valence-corrected chi connectivity index (χ0v) is 10.1. The molecule has 0 aliphatic carbocycles. The van der Waals surface area contributed by atoms with Crippen molar-refractivity contribution in [1.29, 1.82) is 0 Å². The van der Waals surface area contributed by atoms with Gasteiger partial charge in [0.05, 0.1) is 6.33 Å². The third-order valence-electron chi connectivity index (χ3n) is 2.80. The summed E-state index contributed by atoms with van der Waals surface area (Å²) in [5.74, 6) is 0.803. The van der Waals surface area contributed by atoms with Gasteiger partial charge in [-0.3, -0.25) is 0 Å². The average Bonchev–Trinajstić information content (AvgIpc) is 2.68. The Morgan fingerprint density at radius 3 is 2.94 bits per heavy atom. The van der Waals surface area contributed by atoms with Crippen LogP contribution < -0.4 is 0 Å². The van der Waals surface area contributed by atoms with Gasteiger partial charge in [0, 0.05) is 12.7 Å². The van der Waals surface area contributed by atoms with E-state index in [1.165, 1.54) is 19.3 Å². The fourth-order valence-electron chi connectivity index (χ4n) is 1.90. The van der Waals surface area contributed by atoms with Gasteiger partial charge in [-0.15, -0.1) is 0 Å². The fraction of sp³-hybridized carbons (Fsp3) is 0.538. The van der Waals surface area contributed by atoms with E-state index in [1.807, 2.05) is 24.7 Å². The first-order valence-electron chi connectivity index (χ1n) is 6.03. The number of pyridine rings is 1. The molecule has 0 aliphatic rings. The van der Waals surface area contributed by atoms with Gasteiger partial charge in [-0.25, -0.2) is 9.97 Å². The maximum absolute atomic E-state index is 4.36. The number of fused-ring (bicyclic) bond motifs is 1. The molecule has 3 heteroatoms. The quantitative estimate of drug-likeness (QED) is 0.720. The second-order valence-corrected chi connectivity index (χ2v) is 4.67. The summed E-state index contributed by atoms with van der Waals surface area (Å²) in [5.41, 5.74) is 2.00. The van der Waals surface area contributed by atoms with Gasteiger partial charge in [-0.05, 0) is 24.5 Å². The number of hydrogen-bond acceptors (Lipinski definition) is 2. The molecule has 0 N–H and O–H groups in total. The van der Waals surface area contributed by atoms with Crippen LogP contribution in [0.1, 0.15) is 33.1 Å². The van der Waals surface area contributed by atoms with Crippen LogP contribution in [0, 0.1) is 5.92 Å². The minimum Gasteiger partial charge on any atom is -0.315 e. The van der Waals surface area contributed by atoms with Crippen LogP contribution in [0.15, 0.2) is 24.7 Å². The van der Waals surface area contributed by atoms with Crippen molar-refractivity contribution in [3.63, 3.8) is 0 Å². The van der Waals surface area contributed by atoms with E-state index in [0.29, 0.717) is 0 Å².